The van der Waals surface area contributed by atoms with Crippen molar-refractivity contribution in [3.63, 3.8) is 0 Å². The molecule has 3 rings (SSSR count). The van der Waals surface area contributed by atoms with E-state index >= 15 is 0 Å². The first-order chi connectivity index (χ1) is 7.34. The van der Waals surface area contributed by atoms with E-state index in [1.807, 2.05) is 0 Å². The quantitative estimate of drug-likeness (QED) is 0.683. The van der Waals surface area contributed by atoms with E-state index in [-0.39, 0.29) is 5.60 Å². The molecule has 1 aromatic rings. The maximum absolute atomic E-state index is 5.90. The topological polar surface area (TPSA) is 18.5 Å². The van der Waals surface area contributed by atoms with Gasteiger partial charge in [-0.1, -0.05) is 18.2 Å². The summed E-state index contributed by atoms with van der Waals surface area (Å²) in [6.07, 6.45) is 0.972. The molecule has 2 heterocycles. The lowest BCUT2D eigenvalue weighted by Crippen LogP contribution is -2.25. The minimum Gasteiger partial charge on any atom is -0.378 e. The summed E-state index contributed by atoms with van der Waals surface area (Å²) in [7, 11) is 0. The molecule has 80 valence electrons. The van der Waals surface area contributed by atoms with Gasteiger partial charge in [0.25, 0.3) is 0 Å². The van der Waals surface area contributed by atoms with Crippen molar-refractivity contribution >= 4 is 11.6 Å². The largest absolute Gasteiger partial charge is 0.378 e. The van der Waals surface area contributed by atoms with Crippen LogP contribution in [-0.4, -0.2) is 13.2 Å². The summed E-state index contributed by atoms with van der Waals surface area (Å²) in [5.74, 6) is 0.566. The van der Waals surface area contributed by atoms with Crippen molar-refractivity contribution in [3.05, 3.63) is 34.9 Å². The summed E-state index contributed by atoms with van der Waals surface area (Å²) in [4.78, 5) is 0. The van der Waals surface area contributed by atoms with Gasteiger partial charge < -0.3 is 9.47 Å². The SMILES string of the molecule is ClCc1ccc2c(c1)COC21CCOC1. The van der Waals surface area contributed by atoms with Gasteiger partial charge in [-0.15, -0.1) is 11.6 Å². The van der Waals surface area contributed by atoms with E-state index in [0.717, 1.165) is 18.6 Å². The fourth-order valence-electron chi connectivity index (χ4n) is 2.46. The second-order valence-electron chi connectivity index (χ2n) is 4.21. The summed E-state index contributed by atoms with van der Waals surface area (Å²) in [5, 5.41) is 0. The van der Waals surface area contributed by atoms with E-state index in [2.05, 4.69) is 18.2 Å². The minimum atomic E-state index is -0.153. The summed E-state index contributed by atoms with van der Waals surface area (Å²) >= 11 is 5.81. The second kappa shape index (κ2) is 3.48. The van der Waals surface area contributed by atoms with Crippen LogP contribution >= 0.6 is 11.6 Å². The number of fused-ring (bicyclic) bond motifs is 2. The van der Waals surface area contributed by atoms with Crippen molar-refractivity contribution in [1.29, 1.82) is 0 Å². The third kappa shape index (κ3) is 1.40. The minimum absolute atomic E-state index is 0.153. The molecular formula is C12H13ClO2. The Morgan fingerprint density at radius 3 is 3.07 bits per heavy atom. The third-order valence-corrected chi connectivity index (χ3v) is 3.61. The number of rotatable bonds is 1. The van der Waals surface area contributed by atoms with Crippen LogP contribution in [0.1, 0.15) is 23.1 Å². The van der Waals surface area contributed by atoms with Crippen LogP contribution < -0.4 is 0 Å². The van der Waals surface area contributed by atoms with Crippen LogP contribution in [-0.2, 0) is 27.6 Å². The van der Waals surface area contributed by atoms with Gasteiger partial charge in [-0.25, -0.2) is 0 Å². The second-order valence-corrected chi connectivity index (χ2v) is 4.48. The molecule has 0 aliphatic carbocycles. The van der Waals surface area contributed by atoms with Gasteiger partial charge in [-0.2, -0.15) is 0 Å². The molecule has 0 N–H and O–H groups in total. The van der Waals surface area contributed by atoms with Gasteiger partial charge in [0.05, 0.1) is 13.2 Å². The zero-order valence-electron chi connectivity index (χ0n) is 8.46. The summed E-state index contributed by atoms with van der Waals surface area (Å²) < 4.78 is 11.3. The fourth-order valence-corrected chi connectivity index (χ4v) is 2.63. The first kappa shape index (κ1) is 9.64. The van der Waals surface area contributed by atoms with Crippen molar-refractivity contribution in [2.75, 3.05) is 13.2 Å². The van der Waals surface area contributed by atoms with Crippen molar-refractivity contribution in [3.8, 4) is 0 Å². The van der Waals surface area contributed by atoms with Crippen LogP contribution in [0.15, 0.2) is 18.2 Å². The Labute approximate surface area is 94.1 Å². The maximum atomic E-state index is 5.90. The fraction of sp³-hybridized carbons (Fsp3) is 0.500. The Hall–Kier alpha value is -0.570. The number of hydrogen-bond donors (Lipinski definition) is 0. The molecule has 1 aromatic carbocycles. The van der Waals surface area contributed by atoms with Gasteiger partial charge in [0.15, 0.2) is 0 Å². The Bertz CT molecular complexity index is 383. The summed E-state index contributed by atoms with van der Waals surface area (Å²) in [5.41, 5.74) is 3.59. The van der Waals surface area contributed by atoms with Crippen molar-refractivity contribution in [1.82, 2.24) is 0 Å². The standard InChI is InChI=1S/C12H13ClO2/c13-6-9-1-2-11-10(5-9)7-15-12(11)3-4-14-8-12/h1-2,5H,3-4,6-8H2. The molecule has 0 aromatic heterocycles. The van der Waals surface area contributed by atoms with Gasteiger partial charge in [0.1, 0.15) is 5.60 Å². The van der Waals surface area contributed by atoms with E-state index in [9.17, 15) is 0 Å². The Morgan fingerprint density at radius 2 is 2.33 bits per heavy atom. The molecule has 15 heavy (non-hydrogen) atoms. The number of halogens is 1. The molecule has 1 saturated heterocycles. The lowest BCUT2D eigenvalue weighted by molar-refractivity contribution is -0.0421. The number of alkyl halides is 1. The first-order valence-electron chi connectivity index (χ1n) is 5.24. The van der Waals surface area contributed by atoms with E-state index in [4.69, 9.17) is 21.1 Å². The van der Waals surface area contributed by atoms with E-state index in [1.54, 1.807) is 0 Å². The Kier molecular flexibility index (Phi) is 2.23. The highest BCUT2D eigenvalue weighted by Gasteiger charge is 2.43. The maximum Gasteiger partial charge on any atom is 0.119 e. The van der Waals surface area contributed by atoms with Gasteiger partial charge in [-0.3, -0.25) is 0 Å². The van der Waals surface area contributed by atoms with Crippen molar-refractivity contribution in [2.45, 2.75) is 24.5 Å². The Balaban J connectivity index is 2.03. The van der Waals surface area contributed by atoms with Crippen molar-refractivity contribution < 1.29 is 9.47 Å². The van der Waals surface area contributed by atoms with Gasteiger partial charge in [0, 0.05) is 18.9 Å². The molecule has 2 aliphatic heterocycles. The first-order valence-corrected chi connectivity index (χ1v) is 5.77. The summed E-state index contributed by atoms with van der Waals surface area (Å²) in [6, 6.07) is 6.38. The van der Waals surface area contributed by atoms with E-state index in [0.29, 0.717) is 19.1 Å². The molecule has 3 heteroatoms. The predicted molar refractivity (Wildman–Crippen MR) is 57.9 cm³/mol. The van der Waals surface area contributed by atoms with Gasteiger partial charge in [-0.05, 0) is 16.7 Å². The molecule has 1 atom stereocenters. The lowest BCUT2D eigenvalue weighted by Gasteiger charge is -2.21. The zero-order chi connectivity index (χ0) is 10.3. The lowest BCUT2D eigenvalue weighted by atomic mass is 9.91. The average molecular weight is 225 g/mol. The Morgan fingerprint density at radius 1 is 1.40 bits per heavy atom. The number of hydrogen-bond acceptors (Lipinski definition) is 2. The van der Waals surface area contributed by atoms with Crippen LogP contribution in [0, 0.1) is 0 Å². The average Bonchev–Trinajstić information content (AvgIpc) is 2.88. The van der Waals surface area contributed by atoms with Gasteiger partial charge in [0.2, 0.25) is 0 Å². The van der Waals surface area contributed by atoms with Crippen LogP contribution in [0.4, 0.5) is 0 Å². The third-order valence-electron chi connectivity index (χ3n) is 3.30. The van der Waals surface area contributed by atoms with E-state index < -0.39 is 0 Å². The number of ether oxygens (including phenoxy) is 2. The van der Waals surface area contributed by atoms with Crippen LogP contribution in [0.25, 0.3) is 0 Å². The monoisotopic (exact) mass is 224 g/mol. The molecule has 0 amide bonds. The predicted octanol–water partition coefficient (Wildman–Crippen LogP) is 2.57. The van der Waals surface area contributed by atoms with Gasteiger partial charge >= 0.3 is 0 Å². The molecule has 1 spiro atoms. The molecule has 1 unspecified atom stereocenters. The normalized spacial score (nSPS) is 28.6. The zero-order valence-corrected chi connectivity index (χ0v) is 9.22. The van der Waals surface area contributed by atoms with Crippen LogP contribution in [0.2, 0.25) is 0 Å². The molecule has 0 radical (unpaired) electrons. The van der Waals surface area contributed by atoms with E-state index in [1.165, 1.54) is 11.1 Å². The smallest absolute Gasteiger partial charge is 0.119 e. The molecule has 1 fully saturated rings. The van der Waals surface area contributed by atoms with Crippen LogP contribution in [0.5, 0.6) is 0 Å². The molecule has 0 bridgehead atoms. The highest BCUT2D eigenvalue weighted by atomic mass is 35.5. The highest BCUT2D eigenvalue weighted by Crippen LogP contribution is 2.42. The molecular weight excluding hydrogens is 212 g/mol. The summed E-state index contributed by atoms with van der Waals surface area (Å²) in [6.45, 7) is 2.19. The highest BCUT2D eigenvalue weighted by molar-refractivity contribution is 6.17. The van der Waals surface area contributed by atoms with Crippen LogP contribution in [0.3, 0.4) is 0 Å². The number of benzene rings is 1. The van der Waals surface area contributed by atoms with Crippen molar-refractivity contribution in [2.24, 2.45) is 0 Å². The molecule has 2 nitrogen and oxygen atoms in total. The molecule has 2 aliphatic rings. The molecule has 0 saturated carbocycles.